The molecule has 0 aromatic carbocycles. The van der Waals surface area contributed by atoms with Crippen LogP contribution in [0.2, 0.25) is 0 Å². The van der Waals surface area contributed by atoms with Gasteiger partial charge in [-0.25, -0.2) is 0 Å². The Morgan fingerprint density at radius 3 is 0.831 bits per heavy atom. The van der Waals surface area contributed by atoms with Gasteiger partial charge in [0.15, 0.2) is 6.10 Å². The summed E-state index contributed by atoms with van der Waals surface area (Å²) in [7, 11) is 0. The minimum absolute atomic E-state index is 0.0628. The Kier molecular flexibility index (Phi) is 46.2. The molecule has 0 saturated carbocycles. The van der Waals surface area contributed by atoms with Crippen molar-refractivity contribution in [2.24, 2.45) is 5.92 Å². The Hall–Kier alpha value is -1.59. The number of hydrogen-bond donors (Lipinski definition) is 0. The molecule has 0 radical (unpaired) electrons. The maximum Gasteiger partial charge on any atom is 0.306 e. The van der Waals surface area contributed by atoms with E-state index in [0.29, 0.717) is 19.3 Å². The topological polar surface area (TPSA) is 78.9 Å². The van der Waals surface area contributed by atoms with Crippen molar-refractivity contribution in [2.45, 2.75) is 303 Å². The molecule has 0 rings (SSSR count). The first-order valence-corrected chi connectivity index (χ1v) is 26.4. The van der Waals surface area contributed by atoms with Crippen molar-refractivity contribution in [2.75, 3.05) is 13.2 Å². The average molecular weight is 835 g/mol. The molecule has 0 unspecified atom stereocenters. The van der Waals surface area contributed by atoms with Gasteiger partial charge in [-0.2, -0.15) is 0 Å². The molecule has 6 heteroatoms. The zero-order valence-electron chi connectivity index (χ0n) is 40.2. The van der Waals surface area contributed by atoms with E-state index >= 15 is 0 Å². The molecule has 350 valence electrons. The molecule has 0 aromatic rings. The molecule has 0 aromatic heterocycles. The van der Waals surface area contributed by atoms with Gasteiger partial charge in [-0.15, -0.1) is 0 Å². The quantitative estimate of drug-likeness (QED) is 0.0345. The average Bonchev–Trinajstić information content (AvgIpc) is 3.22. The van der Waals surface area contributed by atoms with Crippen LogP contribution < -0.4 is 0 Å². The van der Waals surface area contributed by atoms with Crippen LogP contribution in [0.5, 0.6) is 0 Å². The summed E-state index contributed by atoms with van der Waals surface area (Å²) in [4.78, 5) is 37.9. The Morgan fingerprint density at radius 2 is 0.559 bits per heavy atom. The van der Waals surface area contributed by atoms with E-state index in [1.54, 1.807) is 0 Å². The molecule has 0 aliphatic carbocycles. The summed E-state index contributed by atoms with van der Waals surface area (Å²) < 4.78 is 16.8. The SMILES string of the molecule is CCCCCCCCCCCCCCCCCCCC(=O)O[C@@H](COC(=O)CCCCCCCCCCCCC)COC(=O)CCCCCCCCCCCCC(C)C. The molecule has 0 bridgehead atoms. The summed E-state index contributed by atoms with van der Waals surface area (Å²) in [6.45, 7) is 9.01. The summed E-state index contributed by atoms with van der Waals surface area (Å²) >= 11 is 0. The van der Waals surface area contributed by atoms with Crippen LogP contribution in [-0.4, -0.2) is 37.2 Å². The second-order valence-corrected chi connectivity index (χ2v) is 18.6. The fraction of sp³-hybridized carbons (Fsp3) is 0.943. The van der Waals surface area contributed by atoms with Crippen LogP contribution in [0.4, 0.5) is 0 Å². The first-order valence-electron chi connectivity index (χ1n) is 26.4. The molecule has 0 spiro atoms. The molecule has 0 saturated heterocycles. The molecule has 0 fully saturated rings. The third-order valence-corrected chi connectivity index (χ3v) is 12.0. The van der Waals surface area contributed by atoms with Crippen LogP contribution in [-0.2, 0) is 28.6 Å². The first kappa shape index (κ1) is 57.4. The van der Waals surface area contributed by atoms with Crippen molar-refractivity contribution in [3.05, 3.63) is 0 Å². The number of esters is 3. The van der Waals surface area contributed by atoms with E-state index in [9.17, 15) is 14.4 Å². The predicted octanol–water partition coefficient (Wildman–Crippen LogP) is 17.1. The summed E-state index contributed by atoms with van der Waals surface area (Å²) in [5.41, 5.74) is 0. The van der Waals surface area contributed by atoms with Gasteiger partial charge in [0, 0.05) is 19.3 Å². The molecule has 0 heterocycles. The van der Waals surface area contributed by atoms with Gasteiger partial charge in [-0.1, -0.05) is 259 Å². The van der Waals surface area contributed by atoms with Crippen LogP contribution >= 0.6 is 0 Å². The van der Waals surface area contributed by atoms with Crippen molar-refractivity contribution in [1.29, 1.82) is 0 Å². The van der Waals surface area contributed by atoms with Crippen molar-refractivity contribution < 1.29 is 28.6 Å². The zero-order valence-corrected chi connectivity index (χ0v) is 40.2. The Bertz CT molecular complexity index is 887. The predicted molar refractivity (Wildman–Crippen MR) is 252 cm³/mol. The van der Waals surface area contributed by atoms with Crippen molar-refractivity contribution in [3.63, 3.8) is 0 Å². The monoisotopic (exact) mass is 835 g/mol. The van der Waals surface area contributed by atoms with E-state index in [1.807, 2.05) is 0 Å². The highest BCUT2D eigenvalue weighted by Gasteiger charge is 2.19. The highest BCUT2D eigenvalue weighted by molar-refractivity contribution is 5.71. The summed E-state index contributed by atoms with van der Waals surface area (Å²) in [6.07, 6.45) is 49.4. The fourth-order valence-corrected chi connectivity index (χ4v) is 8.04. The molecule has 1 atom stereocenters. The molecule has 0 amide bonds. The van der Waals surface area contributed by atoms with Gasteiger partial charge >= 0.3 is 17.9 Å². The van der Waals surface area contributed by atoms with Crippen molar-refractivity contribution in [1.82, 2.24) is 0 Å². The van der Waals surface area contributed by atoms with Crippen molar-refractivity contribution in [3.8, 4) is 0 Å². The van der Waals surface area contributed by atoms with Crippen LogP contribution in [0.25, 0.3) is 0 Å². The van der Waals surface area contributed by atoms with E-state index in [4.69, 9.17) is 14.2 Å². The Balaban J connectivity index is 4.29. The van der Waals surface area contributed by atoms with Crippen LogP contribution in [0.3, 0.4) is 0 Å². The standard InChI is InChI=1S/C53H102O6/c1-5-7-9-11-13-15-17-18-19-20-21-22-24-30-34-38-42-46-53(56)59-50(47-57-51(54)44-40-36-32-28-23-16-14-12-10-8-6-2)48-58-52(55)45-41-37-33-29-26-25-27-31-35-39-43-49(3)4/h49-50H,5-48H2,1-4H3/t50-/m0/s1. The van der Waals surface area contributed by atoms with Gasteiger partial charge in [0.25, 0.3) is 0 Å². The zero-order chi connectivity index (χ0) is 43.1. The molecule has 0 N–H and O–H groups in total. The Labute approximate surface area is 368 Å². The van der Waals surface area contributed by atoms with Crippen molar-refractivity contribution >= 4 is 17.9 Å². The largest absolute Gasteiger partial charge is 0.462 e. The fourth-order valence-electron chi connectivity index (χ4n) is 8.04. The lowest BCUT2D eigenvalue weighted by Gasteiger charge is -2.18. The molecule has 0 aliphatic heterocycles. The molecule has 59 heavy (non-hydrogen) atoms. The van der Waals surface area contributed by atoms with E-state index in [2.05, 4.69) is 27.7 Å². The lowest BCUT2D eigenvalue weighted by Crippen LogP contribution is -2.30. The second kappa shape index (κ2) is 47.5. The third-order valence-electron chi connectivity index (χ3n) is 12.0. The van der Waals surface area contributed by atoms with Gasteiger partial charge in [0.1, 0.15) is 13.2 Å². The minimum Gasteiger partial charge on any atom is -0.462 e. The van der Waals surface area contributed by atoms with Gasteiger partial charge in [0.05, 0.1) is 0 Å². The third kappa shape index (κ3) is 47.3. The highest BCUT2D eigenvalue weighted by atomic mass is 16.6. The van der Waals surface area contributed by atoms with Crippen LogP contribution in [0.1, 0.15) is 297 Å². The normalized spacial score (nSPS) is 11.9. The maximum absolute atomic E-state index is 12.8. The second-order valence-electron chi connectivity index (χ2n) is 18.6. The summed E-state index contributed by atoms with van der Waals surface area (Å²) in [6, 6.07) is 0. The number of rotatable bonds is 48. The first-order chi connectivity index (χ1) is 28.9. The van der Waals surface area contributed by atoms with Crippen LogP contribution in [0, 0.1) is 5.92 Å². The molecular formula is C53H102O6. The number of unbranched alkanes of at least 4 members (excludes halogenated alkanes) is 35. The van der Waals surface area contributed by atoms with E-state index in [0.717, 1.165) is 63.7 Å². The summed E-state index contributed by atoms with van der Waals surface area (Å²) in [5.74, 6) is -0.0256. The van der Waals surface area contributed by atoms with Gasteiger partial charge in [-0.3, -0.25) is 14.4 Å². The highest BCUT2D eigenvalue weighted by Crippen LogP contribution is 2.17. The van der Waals surface area contributed by atoms with E-state index in [-0.39, 0.29) is 31.1 Å². The molecular weight excluding hydrogens is 733 g/mol. The lowest BCUT2D eigenvalue weighted by atomic mass is 10.0. The molecule has 0 aliphatic rings. The smallest absolute Gasteiger partial charge is 0.306 e. The van der Waals surface area contributed by atoms with Crippen LogP contribution in [0.15, 0.2) is 0 Å². The van der Waals surface area contributed by atoms with Gasteiger partial charge in [0.2, 0.25) is 0 Å². The van der Waals surface area contributed by atoms with E-state index < -0.39 is 6.10 Å². The molecule has 6 nitrogen and oxygen atoms in total. The Morgan fingerprint density at radius 1 is 0.322 bits per heavy atom. The lowest BCUT2D eigenvalue weighted by molar-refractivity contribution is -0.167. The maximum atomic E-state index is 12.8. The number of carbonyl (C=O) groups excluding carboxylic acids is 3. The number of carbonyl (C=O) groups is 3. The number of ether oxygens (including phenoxy) is 3. The van der Waals surface area contributed by atoms with Gasteiger partial charge in [-0.05, 0) is 25.2 Å². The van der Waals surface area contributed by atoms with E-state index in [1.165, 1.54) is 193 Å². The number of hydrogen-bond acceptors (Lipinski definition) is 6. The summed E-state index contributed by atoms with van der Waals surface area (Å²) in [5, 5.41) is 0. The minimum atomic E-state index is -0.760. The van der Waals surface area contributed by atoms with Gasteiger partial charge < -0.3 is 14.2 Å².